The van der Waals surface area contributed by atoms with E-state index in [4.69, 9.17) is 0 Å². The first kappa shape index (κ1) is 40.2. The lowest BCUT2D eigenvalue weighted by Crippen LogP contribution is -2.53. The molecule has 2 N–H and O–H groups in total. The Morgan fingerprint density at radius 1 is 0.804 bits per heavy atom. The van der Waals surface area contributed by atoms with Crippen molar-refractivity contribution in [1.82, 2.24) is 4.58 Å². The zero-order chi connectivity index (χ0) is 40.4. The number of fused-ring (bicyclic) bond motifs is 2. The van der Waals surface area contributed by atoms with Crippen molar-refractivity contribution in [3.8, 4) is 0 Å². The molecule has 0 bridgehead atoms. The highest BCUT2D eigenvalue weighted by Gasteiger charge is 2.48. The number of nitrogens with zero attached hydrogens (tertiary/aromatic N) is 2. The lowest BCUT2D eigenvalue weighted by molar-refractivity contribution is -0.407. The maximum Gasteiger partial charge on any atom is 0.248 e. The van der Waals surface area contributed by atoms with Crippen LogP contribution in [0.4, 0.5) is 17.1 Å². The fourth-order valence-electron chi connectivity index (χ4n) is 10.6. The summed E-state index contributed by atoms with van der Waals surface area (Å²) >= 11 is 0. The molecule has 4 atom stereocenters. The molecule has 3 saturated carbocycles. The average molecular weight is 761 g/mol. The van der Waals surface area contributed by atoms with Crippen LogP contribution in [0, 0.1) is 11.8 Å². The van der Waals surface area contributed by atoms with Crippen molar-refractivity contribution in [2.24, 2.45) is 11.8 Å². The molecule has 2 aromatic carbocycles. The summed E-state index contributed by atoms with van der Waals surface area (Å²) in [5.74, 6) is -0.955. The van der Waals surface area contributed by atoms with E-state index in [1.54, 1.807) is 12.2 Å². The van der Waals surface area contributed by atoms with Crippen molar-refractivity contribution in [3.63, 3.8) is 0 Å². The molecule has 3 fully saturated rings. The van der Waals surface area contributed by atoms with Gasteiger partial charge < -0.3 is 20.6 Å². The lowest BCUT2D eigenvalue weighted by atomic mass is 9.68. The molecule has 7 rings (SSSR count). The number of carbonyl (C=O) groups is 3. The minimum Gasteiger partial charge on any atom is -0.848 e. The number of anilines is 3. The van der Waals surface area contributed by atoms with Gasteiger partial charge in [-0.3, -0.25) is 14.4 Å². The van der Waals surface area contributed by atoms with Crippen LogP contribution >= 0.6 is 0 Å². The first-order chi connectivity index (χ1) is 26.4. The summed E-state index contributed by atoms with van der Waals surface area (Å²) in [7, 11) is 0. The van der Waals surface area contributed by atoms with Crippen LogP contribution in [0.15, 0.2) is 48.6 Å². The molecule has 300 valence electrons. The number of hydrogen-bond donors (Lipinski definition) is 2. The quantitative estimate of drug-likeness (QED) is 0.217. The summed E-state index contributed by atoms with van der Waals surface area (Å²) < 4.78 is 2.37. The monoisotopic (exact) mass is 760 g/mol. The van der Waals surface area contributed by atoms with Gasteiger partial charge in [-0.25, -0.2) is 4.58 Å². The Bertz CT molecular complexity index is 2110. The van der Waals surface area contributed by atoms with E-state index in [1.165, 1.54) is 25.7 Å². The smallest absolute Gasteiger partial charge is 0.248 e. The number of hydrogen-bond acceptors (Lipinski definition) is 5. The first-order valence-corrected chi connectivity index (χ1v) is 21.4. The molecule has 0 radical (unpaired) electrons. The van der Waals surface area contributed by atoms with Crippen molar-refractivity contribution >= 4 is 40.2 Å². The van der Waals surface area contributed by atoms with Crippen LogP contribution in [0.5, 0.6) is 0 Å². The van der Waals surface area contributed by atoms with Gasteiger partial charge in [0.05, 0.1) is 11.1 Å². The van der Waals surface area contributed by atoms with E-state index in [1.807, 2.05) is 36.4 Å². The van der Waals surface area contributed by atoms with Gasteiger partial charge in [0.15, 0.2) is 11.8 Å². The van der Waals surface area contributed by atoms with E-state index in [0.29, 0.717) is 34.0 Å². The van der Waals surface area contributed by atoms with E-state index >= 15 is 0 Å². The van der Waals surface area contributed by atoms with E-state index in [-0.39, 0.29) is 58.2 Å². The molecule has 2 amide bonds. The first-order valence-electron chi connectivity index (χ1n) is 21.4. The third-order valence-electron chi connectivity index (χ3n) is 14.4. The maximum atomic E-state index is 14.8. The third kappa shape index (κ3) is 6.88. The van der Waals surface area contributed by atoms with E-state index in [2.05, 4.69) is 89.3 Å². The average Bonchev–Trinajstić information content (AvgIpc) is 3.92. The second-order valence-corrected chi connectivity index (χ2v) is 19.1. The molecule has 3 aliphatic carbocycles. The Morgan fingerprint density at radius 2 is 1.36 bits per heavy atom. The SMILES string of the molecule is CC(C)N1c2cc(NC(=O)/C=C/C3CCCC3)c(C3C(=O)/C(=c4/cc5c(cc4NC(=O)/C=C/C4CCCC4)=[N+](C(C)C)C(C)C5(C)C)C3[O-])cc2C(C)(C)C1C. The summed E-state index contributed by atoms with van der Waals surface area (Å²) in [5.41, 5.74) is 4.40. The Morgan fingerprint density at radius 3 is 1.88 bits per heavy atom. The molecule has 4 unspecified atom stereocenters. The van der Waals surface area contributed by atoms with Crippen LogP contribution in [0.25, 0.3) is 5.57 Å². The lowest BCUT2D eigenvalue weighted by Gasteiger charge is -2.44. The normalized spacial score (nSPS) is 26.9. The van der Waals surface area contributed by atoms with Gasteiger partial charge in [0.1, 0.15) is 6.04 Å². The minimum atomic E-state index is -1.39. The van der Waals surface area contributed by atoms with Gasteiger partial charge >= 0.3 is 0 Å². The van der Waals surface area contributed by atoms with Gasteiger partial charge in [-0.2, -0.15) is 0 Å². The number of ketones is 1. The highest BCUT2D eigenvalue weighted by atomic mass is 16.3. The molecule has 8 nitrogen and oxygen atoms in total. The molecule has 0 spiro atoms. The van der Waals surface area contributed by atoms with E-state index in [9.17, 15) is 19.5 Å². The van der Waals surface area contributed by atoms with Crippen LogP contribution in [-0.2, 0) is 25.2 Å². The number of rotatable bonds is 9. The van der Waals surface area contributed by atoms with E-state index in [0.717, 1.165) is 47.9 Å². The van der Waals surface area contributed by atoms with Gasteiger partial charge in [-0.1, -0.05) is 63.9 Å². The predicted octanol–water partition coefficient (Wildman–Crippen LogP) is 6.78. The zero-order valence-corrected chi connectivity index (χ0v) is 35.4. The Balaban J connectivity index is 1.34. The molecule has 8 heteroatoms. The second-order valence-electron chi connectivity index (χ2n) is 19.1. The molecule has 2 aliphatic heterocycles. The molecule has 2 heterocycles. The fraction of sp³-hybridized carbons (Fsp3) is 0.583. The van der Waals surface area contributed by atoms with Crippen molar-refractivity contribution in [1.29, 1.82) is 0 Å². The van der Waals surface area contributed by atoms with Gasteiger partial charge in [0, 0.05) is 51.6 Å². The van der Waals surface area contributed by atoms with Gasteiger partial charge in [0.2, 0.25) is 17.2 Å². The Hall–Kier alpha value is -4.04. The fourth-order valence-corrected chi connectivity index (χ4v) is 10.6. The van der Waals surface area contributed by atoms with Gasteiger partial charge in [-0.15, -0.1) is 0 Å². The molecule has 0 aromatic heterocycles. The number of Topliss-reactive ketones (excluding diaryl/α,β-unsaturated/α-hetero) is 1. The summed E-state index contributed by atoms with van der Waals surface area (Å²) in [5, 5.41) is 22.6. The topological polar surface area (TPSA) is 105 Å². The molecule has 56 heavy (non-hydrogen) atoms. The third-order valence-corrected chi connectivity index (χ3v) is 14.4. The van der Waals surface area contributed by atoms with Crippen molar-refractivity contribution in [2.45, 2.75) is 168 Å². The minimum absolute atomic E-state index is 0.160. The highest BCUT2D eigenvalue weighted by Crippen LogP contribution is 2.51. The second kappa shape index (κ2) is 15.0. The van der Waals surface area contributed by atoms with E-state index < -0.39 is 12.0 Å². The molecule has 0 saturated heterocycles. The summed E-state index contributed by atoms with van der Waals surface area (Å²) in [6, 6.07) is 8.75. The number of allylic oxidation sites excluding steroid dienone is 2. The zero-order valence-electron chi connectivity index (χ0n) is 35.4. The maximum absolute atomic E-state index is 14.8. The molecular formula is C48H64N4O4. The molecule has 2 aromatic rings. The molecular weight excluding hydrogens is 697 g/mol. The number of benzene rings is 2. The van der Waals surface area contributed by atoms with Crippen LogP contribution < -0.4 is 35.8 Å². The summed E-state index contributed by atoms with van der Waals surface area (Å²) in [6.07, 6.45) is 14.9. The Labute approximate surface area is 334 Å². The standard InChI is InChI=1S/C48H63N4O4/c1-27(2)51-29(5)47(7,8)35-23-33(37(25-39(35)51)49-41(53)21-19-31-15-11-12-16-31)43-45(55)44(46(43)56)34-24-36-40(52(28(3)4)30(6)48(36,9)10)26-38(34)50-42(54)22-20-32-17-13-14-18-32/h19-32,43,45H,11-18H2,1-10H3,(H,49,53)/q-1/p+1/b21-19+,22-20+,44-34-. The van der Waals surface area contributed by atoms with Crippen LogP contribution in [0.1, 0.15) is 143 Å². The van der Waals surface area contributed by atoms with Crippen LogP contribution in [0.3, 0.4) is 0 Å². The summed E-state index contributed by atoms with van der Waals surface area (Å²) in [6.45, 7) is 21.9. The van der Waals surface area contributed by atoms with Crippen molar-refractivity contribution < 1.29 is 19.5 Å². The van der Waals surface area contributed by atoms with Crippen LogP contribution in [0.2, 0.25) is 0 Å². The predicted molar refractivity (Wildman–Crippen MR) is 225 cm³/mol. The largest absolute Gasteiger partial charge is 0.848 e. The van der Waals surface area contributed by atoms with Gasteiger partial charge in [0.25, 0.3) is 0 Å². The van der Waals surface area contributed by atoms with Crippen LogP contribution in [-0.4, -0.2) is 47.9 Å². The number of carbonyl (C=O) groups excluding carboxylic acids is 3. The van der Waals surface area contributed by atoms with Crippen molar-refractivity contribution in [3.05, 3.63) is 75.8 Å². The highest BCUT2D eigenvalue weighted by molar-refractivity contribution is 6.28. The van der Waals surface area contributed by atoms with Gasteiger partial charge in [-0.05, 0) is 134 Å². The number of amides is 2. The number of nitrogens with one attached hydrogen (secondary N) is 2. The van der Waals surface area contributed by atoms with Crippen molar-refractivity contribution in [2.75, 3.05) is 15.5 Å². The molecule has 5 aliphatic rings. The Kier molecular flexibility index (Phi) is 10.8. The summed E-state index contributed by atoms with van der Waals surface area (Å²) in [4.78, 5) is 44.2.